The van der Waals surface area contributed by atoms with E-state index in [1.807, 2.05) is 136 Å². The van der Waals surface area contributed by atoms with E-state index in [1.54, 1.807) is 54.3 Å². The molecule has 0 spiro atoms. The van der Waals surface area contributed by atoms with E-state index in [0.29, 0.717) is 22.3 Å². The lowest BCUT2D eigenvalue weighted by Crippen LogP contribution is -2.31. The summed E-state index contributed by atoms with van der Waals surface area (Å²) in [6.45, 7) is 8.01. The maximum absolute atomic E-state index is 7.93. The van der Waals surface area contributed by atoms with Gasteiger partial charge in [-0.15, -0.1) is 0 Å². The Morgan fingerprint density at radius 1 is 0.187 bits per heavy atom. The number of aromatic nitrogens is 5. The van der Waals surface area contributed by atoms with Crippen molar-refractivity contribution in [3.05, 3.63) is 389 Å². The van der Waals surface area contributed by atoms with Crippen LogP contribution in [-0.4, -0.2) is 0 Å². The van der Waals surface area contributed by atoms with E-state index in [4.69, 9.17) is 16.4 Å². The zero-order chi connectivity index (χ0) is 85.8. The Labute approximate surface area is 654 Å². The zero-order valence-corrected chi connectivity index (χ0v) is 63.8. The second kappa shape index (κ2) is 35.2. The monoisotopic (exact) mass is 1410 g/mol. The van der Waals surface area contributed by atoms with Crippen molar-refractivity contribution in [3.8, 4) is 112 Å². The highest BCUT2D eigenvalue weighted by molar-refractivity contribution is 5.77. The van der Waals surface area contributed by atoms with E-state index in [-0.39, 0.29) is 5.56 Å². The highest BCUT2D eigenvalue weighted by Crippen LogP contribution is 2.34. The second-order valence-corrected chi connectivity index (χ2v) is 27.7. The van der Waals surface area contributed by atoms with Crippen molar-refractivity contribution in [2.75, 3.05) is 0 Å². The molecule has 10 aromatic carbocycles. The van der Waals surface area contributed by atoms with Crippen LogP contribution < -0.4 is 22.8 Å². The minimum absolute atomic E-state index is 0.279. The molecule has 5 nitrogen and oxygen atoms in total. The Balaban J connectivity index is 0.000000146. The molecule has 0 bridgehead atoms. The van der Waals surface area contributed by atoms with Gasteiger partial charge in [-0.25, -0.2) is 22.8 Å². The molecular weight excluding hydrogens is 1300 g/mol. The van der Waals surface area contributed by atoms with Gasteiger partial charge in [0.15, 0.2) is 31.0 Å². The predicted octanol–water partition coefficient (Wildman–Crippen LogP) is 22.9. The average molecular weight is 1410 g/mol. The molecule has 15 rings (SSSR count). The zero-order valence-electron chi connectivity index (χ0n) is 75.8. The van der Waals surface area contributed by atoms with Crippen LogP contribution in [0.2, 0.25) is 0 Å². The van der Waals surface area contributed by atoms with Gasteiger partial charge in [0.1, 0.15) is 35.2 Å². The summed E-state index contributed by atoms with van der Waals surface area (Å²) in [5.74, 6) is 0. The third-order valence-electron chi connectivity index (χ3n) is 19.5. The summed E-state index contributed by atoms with van der Waals surface area (Å²) in [6.07, 6.45) is 9.72. The Hall–Kier alpha value is -12.1. The van der Waals surface area contributed by atoms with Crippen LogP contribution in [-0.2, 0) is 35.2 Å². The fourth-order valence-corrected chi connectivity index (χ4v) is 13.8. The predicted molar refractivity (Wildman–Crippen MR) is 449 cm³/mol. The smallest absolute Gasteiger partial charge is 0.201 e. The number of rotatable bonds is 10. The van der Waals surface area contributed by atoms with E-state index in [1.165, 1.54) is 78.1 Å². The molecule has 0 N–H and O–H groups in total. The van der Waals surface area contributed by atoms with Gasteiger partial charge in [0.05, 0.1) is 0 Å². The molecule has 5 aromatic heterocycles. The first kappa shape index (κ1) is 61.3. The van der Waals surface area contributed by atoms with Crippen molar-refractivity contribution in [1.82, 2.24) is 0 Å². The second-order valence-electron chi connectivity index (χ2n) is 27.7. The van der Waals surface area contributed by atoms with Crippen LogP contribution in [0.25, 0.3) is 112 Å². The Kier molecular flexibility index (Phi) is 20.1. The molecule has 0 aliphatic carbocycles. The van der Waals surface area contributed by atoms with Crippen molar-refractivity contribution in [2.45, 2.75) is 82.8 Å². The number of hydrogen-bond donors (Lipinski definition) is 0. The van der Waals surface area contributed by atoms with Gasteiger partial charge in [0, 0.05) is 103 Å². The molecule has 0 saturated heterocycles. The van der Waals surface area contributed by atoms with E-state index in [2.05, 4.69) is 246 Å². The summed E-state index contributed by atoms with van der Waals surface area (Å²) >= 11 is 0. The lowest BCUT2D eigenvalue weighted by atomic mass is 9.97. The van der Waals surface area contributed by atoms with Gasteiger partial charge in [-0.05, 0) is 203 Å². The standard InChI is InChI=1S/3C21H22N.C20H20N.C19H18N/c3*1-15-10-11-19(16(2)12-15)21-13-20(17(3)14-22(21)4)18-8-6-5-7-9-18;1-15-9-10-19(16(2)13-15)20-14-18(11-12-21(20)3)17-7-5-4-6-8-17;1-15-14-17(16-8-4-3-5-9-16)11-12-18(15)19-10-6-7-13-20(19)2/h3*5-14H,1-4H3;4-14H,1-3H3;3-14H,1-2H3/q5*+1/i1D3,3D3;3D3;;1D3;. The third kappa shape index (κ3) is 18.9. The van der Waals surface area contributed by atoms with E-state index >= 15 is 0 Å². The molecule has 107 heavy (non-hydrogen) atoms. The Bertz CT molecular complexity index is 6060. The summed E-state index contributed by atoms with van der Waals surface area (Å²) in [5, 5.41) is 0. The molecule has 0 atom stereocenters. The Morgan fingerprint density at radius 3 is 0.850 bits per heavy atom. The number of aryl methyl sites for hydroxylation is 17. The normalized spacial score (nSPS) is 12.8. The molecule has 0 radical (unpaired) electrons. The SMILES string of the molecule is Cc1cc(-c2ccccc2)ccc1-c1cccc[n+]1C.Cc1ccc(-c2cc(-c3ccccc3)c(C)c[n+]2C)c(C)c1.[2H]C([2H])([2H])c1c[n+](C)c(-c2ccc(C)cc2C)cc1-c1ccccc1.[2H]C([2H])([2H])c1ccc(-c2cc(-c3ccccc3)c(C([2H])([2H])[2H])c[n+]2C)c(C)c1.[2H]C([2H])([2H])c1ccc(-c2cc(-c3ccccc3)cc[n+]2C)c(C)c1. The number of pyridine rings is 5. The van der Waals surface area contributed by atoms with E-state index in [0.717, 1.165) is 72.7 Å². The van der Waals surface area contributed by atoms with Crippen LogP contribution in [0.1, 0.15) is 83.2 Å². The van der Waals surface area contributed by atoms with Crippen molar-refractivity contribution < 1.29 is 39.3 Å². The maximum Gasteiger partial charge on any atom is 0.213 e. The van der Waals surface area contributed by atoms with Gasteiger partial charge in [0.25, 0.3) is 0 Å². The van der Waals surface area contributed by atoms with Crippen molar-refractivity contribution in [1.29, 1.82) is 0 Å². The summed E-state index contributed by atoms with van der Waals surface area (Å²) in [7, 11) is 9.91. The van der Waals surface area contributed by atoms with Crippen LogP contribution in [0, 0.1) is 82.8 Å². The quantitative estimate of drug-likeness (QED) is 0.122. The van der Waals surface area contributed by atoms with Crippen LogP contribution >= 0.6 is 0 Å². The molecular formula is C102H104N5+5. The van der Waals surface area contributed by atoms with Crippen LogP contribution in [0.5, 0.6) is 0 Å². The topological polar surface area (TPSA) is 19.4 Å². The summed E-state index contributed by atoms with van der Waals surface area (Å²) < 4.78 is 103. The fourth-order valence-electron chi connectivity index (χ4n) is 13.8. The average Bonchev–Trinajstić information content (AvgIpc) is 0.769. The minimum Gasteiger partial charge on any atom is -0.201 e. The minimum atomic E-state index is -2.25. The molecule has 0 saturated carbocycles. The van der Waals surface area contributed by atoms with Crippen molar-refractivity contribution in [2.24, 2.45) is 35.2 Å². The molecule has 5 heteroatoms. The fraction of sp³-hybridized carbons (Fsp3) is 0.167. The molecule has 532 valence electrons. The van der Waals surface area contributed by atoms with E-state index in [9.17, 15) is 0 Å². The van der Waals surface area contributed by atoms with Crippen molar-refractivity contribution in [3.63, 3.8) is 0 Å². The largest absolute Gasteiger partial charge is 0.213 e. The molecule has 5 heterocycles. The van der Waals surface area contributed by atoms with Gasteiger partial charge in [-0.3, -0.25) is 0 Å². The molecule has 0 fully saturated rings. The summed E-state index contributed by atoms with van der Waals surface area (Å²) in [5.41, 5.74) is 32.3. The number of benzene rings is 10. The highest BCUT2D eigenvalue weighted by atomic mass is 14.9. The first-order chi connectivity index (χ1) is 56.4. The first-order valence-electron chi connectivity index (χ1n) is 42.2. The van der Waals surface area contributed by atoms with Gasteiger partial charge < -0.3 is 0 Å². The molecule has 0 unspecified atom stereocenters. The van der Waals surface area contributed by atoms with Gasteiger partial charge >= 0.3 is 0 Å². The highest BCUT2D eigenvalue weighted by Gasteiger charge is 2.21. The third-order valence-corrected chi connectivity index (χ3v) is 19.5. The van der Waals surface area contributed by atoms with Crippen LogP contribution in [0.15, 0.2) is 322 Å². The molecule has 0 aliphatic heterocycles. The van der Waals surface area contributed by atoms with Crippen molar-refractivity contribution >= 4 is 0 Å². The molecule has 15 aromatic rings. The molecule has 0 amide bonds. The maximum atomic E-state index is 7.93. The van der Waals surface area contributed by atoms with Gasteiger partial charge in [-0.1, -0.05) is 235 Å². The lowest BCUT2D eigenvalue weighted by molar-refractivity contribution is -0.660. The first-order valence-corrected chi connectivity index (χ1v) is 36.2. The van der Waals surface area contributed by atoms with Crippen LogP contribution in [0.3, 0.4) is 0 Å². The number of nitrogens with zero attached hydrogens (tertiary/aromatic N) is 5. The summed E-state index contributed by atoms with van der Waals surface area (Å²) in [6, 6.07) is 97.3. The van der Waals surface area contributed by atoms with Crippen LogP contribution in [0.4, 0.5) is 0 Å². The van der Waals surface area contributed by atoms with Gasteiger partial charge in [-0.2, -0.15) is 0 Å². The molecule has 0 aliphatic rings. The van der Waals surface area contributed by atoms with Gasteiger partial charge in [0.2, 0.25) is 28.5 Å². The summed E-state index contributed by atoms with van der Waals surface area (Å²) in [4.78, 5) is 0. The lowest BCUT2D eigenvalue weighted by Gasteiger charge is -2.10. The van der Waals surface area contributed by atoms with E-state index < -0.39 is 27.4 Å². The number of hydrogen-bond acceptors (Lipinski definition) is 0. The Morgan fingerprint density at radius 2 is 0.486 bits per heavy atom.